The fraction of sp³-hybridized carbons (Fsp3) is 0.273. The third kappa shape index (κ3) is 7.07. The standard InChI is InChI=1S/C22H25N5O3S/c1-15-8-9-18(12-16(15)2)29-10-5-11-30-19-7-4-3-6-17(19)14-24-25-20(28)13-21-26-27-22(23)31-21/h3-4,6-9,12,14H,5,10-11,13H2,1-2H3,(H2,23,27)(H,25,28)/b24-14+. The number of ether oxygens (including phenoxy) is 2. The second kappa shape index (κ2) is 11.1. The molecule has 0 bridgehead atoms. The first-order valence-electron chi connectivity index (χ1n) is 9.83. The third-order valence-electron chi connectivity index (χ3n) is 4.40. The van der Waals surface area contributed by atoms with Gasteiger partial charge in [0.05, 0.1) is 25.8 Å². The number of nitrogens with one attached hydrogen (secondary N) is 1. The number of hydrogen-bond donors (Lipinski definition) is 2. The van der Waals surface area contributed by atoms with E-state index in [1.165, 1.54) is 22.5 Å². The summed E-state index contributed by atoms with van der Waals surface area (Å²) in [7, 11) is 0. The highest BCUT2D eigenvalue weighted by Crippen LogP contribution is 2.18. The van der Waals surface area contributed by atoms with E-state index in [1.54, 1.807) is 6.21 Å². The van der Waals surface area contributed by atoms with E-state index < -0.39 is 0 Å². The Bertz CT molecular complexity index is 1050. The van der Waals surface area contributed by atoms with Crippen LogP contribution in [0.2, 0.25) is 0 Å². The van der Waals surface area contributed by atoms with Crippen molar-refractivity contribution in [3.63, 3.8) is 0 Å². The SMILES string of the molecule is Cc1ccc(OCCCOc2ccccc2/C=N/NC(=O)Cc2nnc(N)s2)cc1C. The van der Waals surface area contributed by atoms with Gasteiger partial charge in [-0.1, -0.05) is 29.5 Å². The largest absolute Gasteiger partial charge is 0.493 e. The Morgan fingerprint density at radius 3 is 2.71 bits per heavy atom. The summed E-state index contributed by atoms with van der Waals surface area (Å²) in [6.45, 7) is 5.21. The van der Waals surface area contributed by atoms with Gasteiger partial charge in [-0.25, -0.2) is 5.43 Å². The lowest BCUT2D eigenvalue weighted by Crippen LogP contribution is -2.19. The van der Waals surface area contributed by atoms with E-state index in [1.807, 2.05) is 36.4 Å². The fourth-order valence-corrected chi connectivity index (χ4v) is 3.25. The minimum Gasteiger partial charge on any atom is -0.493 e. The molecule has 0 saturated carbocycles. The van der Waals surface area contributed by atoms with Gasteiger partial charge in [0, 0.05) is 12.0 Å². The summed E-state index contributed by atoms with van der Waals surface area (Å²) in [5.41, 5.74) is 11.2. The molecule has 0 aliphatic rings. The molecule has 8 nitrogen and oxygen atoms in total. The van der Waals surface area contributed by atoms with Crippen LogP contribution in [0.1, 0.15) is 28.1 Å². The van der Waals surface area contributed by atoms with Gasteiger partial charge in [-0.3, -0.25) is 4.79 Å². The molecule has 0 aliphatic carbocycles. The van der Waals surface area contributed by atoms with E-state index in [9.17, 15) is 4.79 Å². The Morgan fingerprint density at radius 1 is 1.13 bits per heavy atom. The second-order valence-electron chi connectivity index (χ2n) is 6.84. The Kier molecular flexibility index (Phi) is 7.94. The van der Waals surface area contributed by atoms with Crippen LogP contribution in [0.15, 0.2) is 47.6 Å². The zero-order chi connectivity index (χ0) is 22.1. The maximum absolute atomic E-state index is 11.9. The highest BCUT2D eigenvalue weighted by Gasteiger charge is 2.07. The number of nitrogen functional groups attached to an aromatic ring is 1. The van der Waals surface area contributed by atoms with E-state index in [0.717, 1.165) is 17.7 Å². The molecule has 0 spiro atoms. The van der Waals surface area contributed by atoms with Gasteiger partial charge in [0.25, 0.3) is 0 Å². The number of aryl methyl sites for hydroxylation is 2. The lowest BCUT2D eigenvalue weighted by molar-refractivity contribution is -0.120. The number of aromatic nitrogens is 2. The third-order valence-corrected chi connectivity index (χ3v) is 5.15. The molecular formula is C22H25N5O3S. The first-order valence-corrected chi connectivity index (χ1v) is 10.6. The number of rotatable bonds is 10. The van der Waals surface area contributed by atoms with Crippen molar-refractivity contribution in [1.82, 2.24) is 15.6 Å². The van der Waals surface area contributed by atoms with Crippen LogP contribution in [-0.2, 0) is 11.2 Å². The number of nitrogens with two attached hydrogens (primary N) is 1. The predicted molar refractivity (Wildman–Crippen MR) is 122 cm³/mol. The number of hydrazone groups is 1. The zero-order valence-electron chi connectivity index (χ0n) is 17.5. The quantitative estimate of drug-likeness (QED) is 0.285. The van der Waals surface area contributed by atoms with E-state index in [2.05, 4.69) is 40.6 Å². The Labute approximate surface area is 185 Å². The second-order valence-corrected chi connectivity index (χ2v) is 7.93. The van der Waals surface area contributed by atoms with Crippen LogP contribution in [-0.4, -0.2) is 35.5 Å². The molecule has 2 aromatic carbocycles. The number of carbonyl (C=O) groups is 1. The first kappa shape index (κ1) is 22.2. The van der Waals surface area contributed by atoms with Crippen LogP contribution in [0.4, 0.5) is 5.13 Å². The highest BCUT2D eigenvalue weighted by atomic mass is 32.1. The van der Waals surface area contributed by atoms with Crippen molar-refractivity contribution in [3.8, 4) is 11.5 Å². The highest BCUT2D eigenvalue weighted by molar-refractivity contribution is 7.15. The van der Waals surface area contributed by atoms with Crippen LogP contribution < -0.4 is 20.6 Å². The molecule has 0 aliphatic heterocycles. The summed E-state index contributed by atoms with van der Waals surface area (Å²) in [4.78, 5) is 11.9. The number of carbonyl (C=O) groups excluding carboxylic acids is 1. The summed E-state index contributed by atoms with van der Waals surface area (Å²) in [6.07, 6.45) is 2.36. The number of hydrogen-bond acceptors (Lipinski definition) is 8. The number of amides is 1. The molecule has 1 heterocycles. The van der Waals surface area contributed by atoms with Crippen LogP contribution in [0.3, 0.4) is 0 Å². The molecular weight excluding hydrogens is 414 g/mol. The van der Waals surface area contributed by atoms with Gasteiger partial charge >= 0.3 is 0 Å². The van der Waals surface area contributed by atoms with Crippen molar-refractivity contribution in [1.29, 1.82) is 0 Å². The smallest absolute Gasteiger partial charge is 0.247 e. The molecule has 31 heavy (non-hydrogen) atoms. The maximum atomic E-state index is 11.9. The lowest BCUT2D eigenvalue weighted by atomic mass is 10.1. The summed E-state index contributed by atoms with van der Waals surface area (Å²) in [5.74, 6) is 1.25. The maximum Gasteiger partial charge on any atom is 0.247 e. The van der Waals surface area contributed by atoms with Gasteiger partial charge in [0.2, 0.25) is 11.0 Å². The predicted octanol–water partition coefficient (Wildman–Crippen LogP) is 3.28. The van der Waals surface area contributed by atoms with Gasteiger partial charge in [-0.05, 0) is 49.2 Å². The van der Waals surface area contributed by atoms with Crippen molar-refractivity contribution in [2.75, 3.05) is 18.9 Å². The first-order chi connectivity index (χ1) is 15.0. The average Bonchev–Trinajstić information content (AvgIpc) is 3.15. The van der Waals surface area contributed by atoms with Gasteiger partial charge in [0.1, 0.15) is 16.5 Å². The number of nitrogens with zero attached hydrogens (tertiary/aromatic N) is 3. The topological polar surface area (TPSA) is 112 Å². The van der Waals surface area contributed by atoms with Crippen molar-refractivity contribution in [3.05, 3.63) is 64.2 Å². The van der Waals surface area contributed by atoms with Gasteiger partial charge in [-0.2, -0.15) is 5.10 Å². The molecule has 9 heteroatoms. The van der Waals surface area contributed by atoms with E-state index >= 15 is 0 Å². The minimum absolute atomic E-state index is 0.0743. The molecule has 1 amide bonds. The number of benzene rings is 2. The molecule has 3 rings (SSSR count). The van der Waals surface area contributed by atoms with Crippen LogP contribution >= 0.6 is 11.3 Å². The monoisotopic (exact) mass is 439 g/mol. The Morgan fingerprint density at radius 2 is 1.94 bits per heavy atom. The lowest BCUT2D eigenvalue weighted by Gasteiger charge is -2.10. The molecule has 162 valence electrons. The van der Waals surface area contributed by atoms with Gasteiger partial charge < -0.3 is 15.2 Å². The van der Waals surface area contributed by atoms with Crippen molar-refractivity contribution in [2.24, 2.45) is 5.10 Å². The van der Waals surface area contributed by atoms with Crippen molar-refractivity contribution >= 4 is 28.6 Å². The summed E-state index contributed by atoms with van der Waals surface area (Å²) in [6, 6.07) is 13.6. The summed E-state index contributed by atoms with van der Waals surface area (Å²) in [5, 5.41) is 12.4. The van der Waals surface area contributed by atoms with Crippen LogP contribution in [0, 0.1) is 13.8 Å². The molecule has 3 aromatic rings. The van der Waals surface area contributed by atoms with Gasteiger partial charge in [-0.15, -0.1) is 10.2 Å². The average molecular weight is 440 g/mol. The molecule has 0 unspecified atom stereocenters. The zero-order valence-corrected chi connectivity index (χ0v) is 18.3. The van der Waals surface area contributed by atoms with Gasteiger partial charge in [0.15, 0.2) is 0 Å². The molecule has 3 N–H and O–H groups in total. The number of para-hydroxylation sites is 1. The molecule has 1 aromatic heterocycles. The fourth-order valence-electron chi connectivity index (χ4n) is 2.64. The summed E-state index contributed by atoms with van der Waals surface area (Å²) < 4.78 is 11.6. The molecule has 0 radical (unpaired) electrons. The molecule has 0 saturated heterocycles. The van der Waals surface area contributed by atoms with Crippen molar-refractivity contribution in [2.45, 2.75) is 26.7 Å². The Balaban J connectivity index is 1.43. The van der Waals surface area contributed by atoms with Crippen LogP contribution in [0.25, 0.3) is 0 Å². The van der Waals surface area contributed by atoms with Crippen LogP contribution in [0.5, 0.6) is 11.5 Å². The number of anilines is 1. The normalized spacial score (nSPS) is 10.9. The molecule has 0 atom stereocenters. The van der Waals surface area contributed by atoms with E-state index in [0.29, 0.717) is 29.1 Å². The Hall–Kier alpha value is -3.46. The summed E-state index contributed by atoms with van der Waals surface area (Å²) >= 11 is 1.17. The van der Waals surface area contributed by atoms with E-state index in [4.69, 9.17) is 15.2 Å². The molecule has 0 fully saturated rings. The minimum atomic E-state index is -0.297. The van der Waals surface area contributed by atoms with Crippen molar-refractivity contribution < 1.29 is 14.3 Å². The van der Waals surface area contributed by atoms with E-state index in [-0.39, 0.29) is 12.3 Å².